The first-order valence-electron chi connectivity index (χ1n) is 5.81. The van der Waals surface area contributed by atoms with Gasteiger partial charge in [0.05, 0.1) is 12.7 Å². The van der Waals surface area contributed by atoms with Crippen molar-refractivity contribution >= 4 is 6.09 Å². The number of rotatable bonds is 4. The number of amides is 1. The minimum atomic E-state index is -0.445. The lowest BCUT2D eigenvalue weighted by Crippen LogP contribution is -2.45. The fourth-order valence-corrected chi connectivity index (χ4v) is 1.40. The molecule has 1 N–H and O–H groups in total. The van der Waals surface area contributed by atoms with Crippen molar-refractivity contribution in [3.63, 3.8) is 0 Å². The minimum absolute atomic E-state index is 0.242. The number of alkyl carbamates (subject to hydrolysis) is 1. The largest absolute Gasteiger partial charge is 0.444 e. The first-order valence-corrected chi connectivity index (χ1v) is 5.81. The van der Waals surface area contributed by atoms with E-state index < -0.39 is 5.60 Å². The molecule has 1 rings (SSSR count). The van der Waals surface area contributed by atoms with Crippen LogP contribution in [0.5, 0.6) is 0 Å². The molecular weight excluding hydrogens is 206 g/mol. The van der Waals surface area contributed by atoms with Crippen molar-refractivity contribution in [2.24, 2.45) is 0 Å². The van der Waals surface area contributed by atoms with Gasteiger partial charge in [-0.3, -0.25) is 0 Å². The fourth-order valence-electron chi connectivity index (χ4n) is 1.40. The standard InChI is InChI=1S/C12H23NO3/c1-11(2,3)16-10(14)13-12(4,5)7-6-9-8-15-9/h9H,6-8H2,1-5H3,(H,13,14). The molecule has 0 radical (unpaired) electrons. The zero-order chi connectivity index (χ0) is 12.4. The Bertz CT molecular complexity index is 251. The first-order chi connectivity index (χ1) is 7.18. The van der Waals surface area contributed by atoms with Gasteiger partial charge in [0.25, 0.3) is 0 Å². The Hall–Kier alpha value is -0.770. The molecule has 1 heterocycles. The van der Waals surface area contributed by atoms with Crippen LogP contribution in [0.25, 0.3) is 0 Å². The van der Waals surface area contributed by atoms with Gasteiger partial charge in [0, 0.05) is 5.54 Å². The molecule has 1 aliphatic heterocycles. The van der Waals surface area contributed by atoms with Crippen LogP contribution in [-0.2, 0) is 9.47 Å². The molecule has 0 aromatic heterocycles. The van der Waals surface area contributed by atoms with Crippen LogP contribution in [0, 0.1) is 0 Å². The number of epoxide rings is 1. The van der Waals surface area contributed by atoms with Gasteiger partial charge < -0.3 is 14.8 Å². The Balaban J connectivity index is 2.29. The summed E-state index contributed by atoms with van der Waals surface area (Å²) in [6, 6.07) is 0. The molecule has 0 aliphatic carbocycles. The molecule has 1 atom stereocenters. The summed E-state index contributed by atoms with van der Waals surface area (Å²) in [4.78, 5) is 11.6. The Morgan fingerprint density at radius 1 is 1.38 bits per heavy atom. The normalized spacial score (nSPS) is 20.4. The van der Waals surface area contributed by atoms with E-state index in [1.54, 1.807) is 0 Å². The molecule has 1 aliphatic rings. The van der Waals surface area contributed by atoms with Crippen LogP contribution in [0.4, 0.5) is 4.79 Å². The molecule has 1 unspecified atom stereocenters. The minimum Gasteiger partial charge on any atom is -0.444 e. The van der Waals surface area contributed by atoms with Crippen molar-refractivity contribution in [1.82, 2.24) is 5.32 Å². The van der Waals surface area contributed by atoms with Gasteiger partial charge in [-0.2, -0.15) is 0 Å². The van der Waals surface area contributed by atoms with E-state index in [1.807, 2.05) is 34.6 Å². The van der Waals surface area contributed by atoms with Crippen molar-refractivity contribution in [3.05, 3.63) is 0 Å². The first kappa shape index (κ1) is 13.3. The predicted octanol–water partition coefficient (Wildman–Crippen LogP) is 2.47. The van der Waals surface area contributed by atoms with Gasteiger partial charge in [0.2, 0.25) is 0 Å². The van der Waals surface area contributed by atoms with E-state index in [2.05, 4.69) is 5.32 Å². The molecule has 94 valence electrons. The maximum atomic E-state index is 11.6. The van der Waals surface area contributed by atoms with Gasteiger partial charge in [-0.05, 0) is 47.5 Å². The second-order valence-corrected chi connectivity index (χ2v) is 6.00. The summed E-state index contributed by atoms with van der Waals surface area (Å²) < 4.78 is 10.4. The van der Waals surface area contributed by atoms with Crippen LogP contribution in [-0.4, -0.2) is 29.9 Å². The number of carbonyl (C=O) groups is 1. The van der Waals surface area contributed by atoms with E-state index in [4.69, 9.17) is 9.47 Å². The Morgan fingerprint density at radius 3 is 2.38 bits per heavy atom. The van der Waals surface area contributed by atoms with E-state index in [0.717, 1.165) is 19.4 Å². The van der Waals surface area contributed by atoms with Crippen molar-refractivity contribution in [1.29, 1.82) is 0 Å². The molecule has 4 nitrogen and oxygen atoms in total. The van der Waals surface area contributed by atoms with Crippen LogP contribution >= 0.6 is 0 Å². The smallest absolute Gasteiger partial charge is 0.408 e. The van der Waals surface area contributed by atoms with Crippen molar-refractivity contribution in [2.75, 3.05) is 6.61 Å². The number of hydrogen-bond acceptors (Lipinski definition) is 3. The maximum absolute atomic E-state index is 11.6. The highest BCUT2D eigenvalue weighted by atomic mass is 16.6. The Morgan fingerprint density at radius 2 is 1.94 bits per heavy atom. The van der Waals surface area contributed by atoms with Gasteiger partial charge in [-0.1, -0.05) is 0 Å². The maximum Gasteiger partial charge on any atom is 0.408 e. The van der Waals surface area contributed by atoms with Crippen LogP contribution < -0.4 is 5.32 Å². The summed E-state index contributed by atoms with van der Waals surface area (Å²) in [5.41, 5.74) is -0.686. The molecule has 0 spiro atoms. The monoisotopic (exact) mass is 229 g/mol. The average molecular weight is 229 g/mol. The van der Waals surface area contributed by atoms with E-state index in [0.29, 0.717) is 6.10 Å². The van der Waals surface area contributed by atoms with Crippen LogP contribution in [0.1, 0.15) is 47.5 Å². The predicted molar refractivity (Wildman–Crippen MR) is 62.4 cm³/mol. The molecule has 0 bridgehead atoms. The number of nitrogens with one attached hydrogen (secondary N) is 1. The van der Waals surface area contributed by atoms with Gasteiger partial charge in [0.15, 0.2) is 0 Å². The van der Waals surface area contributed by atoms with Crippen molar-refractivity contribution < 1.29 is 14.3 Å². The fraction of sp³-hybridized carbons (Fsp3) is 0.917. The topological polar surface area (TPSA) is 50.9 Å². The Labute approximate surface area is 97.7 Å². The third-order valence-electron chi connectivity index (χ3n) is 2.33. The molecular formula is C12H23NO3. The molecule has 0 aromatic carbocycles. The van der Waals surface area contributed by atoms with Crippen LogP contribution in [0.3, 0.4) is 0 Å². The third-order valence-corrected chi connectivity index (χ3v) is 2.33. The Kier molecular flexibility index (Phi) is 3.84. The zero-order valence-corrected chi connectivity index (χ0v) is 10.9. The lowest BCUT2D eigenvalue weighted by atomic mass is 9.98. The molecule has 4 heteroatoms. The van der Waals surface area contributed by atoms with E-state index in [-0.39, 0.29) is 11.6 Å². The zero-order valence-electron chi connectivity index (χ0n) is 10.9. The van der Waals surface area contributed by atoms with Gasteiger partial charge >= 0.3 is 6.09 Å². The summed E-state index contributed by atoms with van der Waals surface area (Å²) in [6.07, 6.45) is 1.94. The van der Waals surface area contributed by atoms with Gasteiger partial charge in [0.1, 0.15) is 5.60 Å². The second kappa shape index (κ2) is 4.62. The molecule has 0 aromatic rings. The molecule has 16 heavy (non-hydrogen) atoms. The number of hydrogen-bond donors (Lipinski definition) is 1. The number of ether oxygens (including phenoxy) is 2. The van der Waals surface area contributed by atoms with E-state index in [1.165, 1.54) is 0 Å². The van der Waals surface area contributed by atoms with Crippen LogP contribution in [0.2, 0.25) is 0 Å². The second-order valence-electron chi connectivity index (χ2n) is 6.00. The number of carbonyl (C=O) groups excluding carboxylic acids is 1. The molecule has 1 saturated heterocycles. The highest BCUT2D eigenvalue weighted by Gasteiger charge is 2.29. The lowest BCUT2D eigenvalue weighted by molar-refractivity contribution is 0.0466. The van der Waals surface area contributed by atoms with E-state index >= 15 is 0 Å². The molecule has 0 saturated carbocycles. The molecule has 1 amide bonds. The average Bonchev–Trinajstić information content (AvgIpc) is 2.77. The third kappa shape index (κ3) is 5.95. The van der Waals surface area contributed by atoms with Gasteiger partial charge in [-0.25, -0.2) is 4.79 Å². The summed E-state index contributed by atoms with van der Waals surface area (Å²) in [5, 5.41) is 2.88. The highest BCUT2D eigenvalue weighted by molar-refractivity contribution is 5.68. The van der Waals surface area contributed by atoms with Gasteiger partial charge in [-0.15, -0.1) is 0 Å². The van der Waals surface area contributed by atoms with Crippen molar-refractivity contribution in [2.45, 2.75) is 64.7 Å². The summed E-state index contributed by atoms with van der Waals surface area (Å²) >= 11 is 0. The summed E-state index contributed by atoms with van der Waals surface area (Å²) in [7, 11) is 0. The summed E-state index contributed by atoms with van der Waals surface area (Å²) in [5.74, 6) is 0. The van der Waals surface area contributed by atoms with Crippen LogP contribution in [0.15, 0.2) is 0 Å². The quantitative estimate of drug-likeness (QED) is 0.753. The molecule has 1 fully saturated rings. The van der Waals surface area contributed by atoms with Crippen molar-refractivity contribution in [3.8, 4) is 0 Å². The summed E-state index contributed by atoms with van der Waals surface area (Å²) in [6.45, 7) is 10.4. The highest BCUT2D eigenvalue weighted by Crippen LogP contribution is 2.21. The SMILES string of the molecule is CC(C)(CCC1CO1)NC(=O)OC(C)(C)C. The lowest BCUT2D eigenvalue weighted by Gasteiger charge is -2.28. The van der Waals surface area contributed by atoms with E-state index in [9.17, 15) is 4.79 Å².